The molecule has 17 heavy (non-hydrogen) atoms. The van der Waals surface area contributed by atoms with Crippen molar-refractivity contribution in [2.75, 3.05) is 0 Å². The van der Waals surface area contributed by atoms with Gasteiger partial charge in [0.25, 0.3) is 0 Å². The van der Waals surface area contributed by atoms with Crippen molar-refractivity contribution >= 4 is 33.3 Å². The number of aromatic nitrogens is 2. The van der Waals surface area contributed by atoms with Gasteiger partial charge in [-0.15, -0.1) is 0 Å². The Hall–Kier alpha value is -1.13. The Kier molecular flexibility index (Phi) is 3.64. The Morgan fingerprint density at radius 3 is 2.94 bits per heavy atom. The molecule has 2 aromatic rings. The van der Waals surface area contributed by atoms with E-state index in [0.29, 0.717) is 22.8 Å². The average Bonchev–Trinajstić information content (AvgIpc) is 2.79. The quantitative estimate of drug-likeness (QED) is 0.812. The predicted octanol–water partition coefficient (Wildman–Crippen LogP) is 3.55. The highest BCUT2D eigenvalue weighted by Crippen LogP contribution is 2.23. The third-order valence-electron chi connectivity index (χ3n) is 2.42. The Bertz CT molecular complexity index is 565. The zero-order chi connectivity index (χ0) is 12.4. The topological polar surface area (TPSA) is 34.9 Å². The third kappa shape index (κ3) is 2.42. The van der Waals surface area contributed by atoms with E-state index >= 15 is 0 Å². The molecule has 0 aliphatic carbocycles. The molecule has 0 saturated heterocycles. The Labute approximate surface area is 113 Å². The standard InChI is InChI=1S/C12H10BrClN2O/c1-2-16-11(5-6-15-16)12(17)9-7-8(13)3-4-10(9)14/h3-7H,2H2,1H3. The molecule has 1 aromatic carbocycles. The largest absolute Gasteiger partial charge is 0.287 e. The van der Waals surface area contributed by atoms with Crippen LogP contribution >= 0.6 is 27.5 Å². The number of ketones is 1. The van der Waals surface area contributed by atoms with Gasteiger partial charge in [-0.2, -0.15) is 5.10 Å². The molecule has 0 saturated carbocycles. The molecule has 0 bridgehead atoms. The van der Waals surface area contributed by atoms with Gasteiger partial charge in [0.1, 0.15) is 5.69 Å². The highest BCUT2D eigenvalue weighted by Gasteiger charge is 2.16. The minimum Gasteiger partial charge on any atom is -0.287 e. The minimum absolute atomic E-state index is 0.115. The molecule has 2 rings (SSSR count). The van der Waals surface area contributed by atoms with Gasteiger partial charge in [0, 0.05) is 22.8 Å². The summed E-state index contributed by atoms with van der Waals surface area (Å²) in [5, 5.41) is 4.52. The van der Waals surface area contributed by atoms with Crippen LogP contribution in [0, 0.1) is 0 Å². The molecule has 0 unspecified atom stereocenters. The lowest BCUT2D eigenvalue weighted by atomic mass is 10.1. The van der Waals surface area contributed by atoms with Gasteiger partial charge < -0.3 is 0 Å². The summed E-state index contributed by atoms with van der Waals surface area (Å²) in [6.45, 7) is 2.59. The maximum Gasteiger partial charge on any atom is 0.212 e. The summed E-state index contributed by atoms with van der Waals surface area (Å²) in [6, 6.07) is 6.92. The molecule has 0 atom stereocenters. The van der Waals surface area contributed by atoms with Crippen molar-refractivity contribution in [3.63, 3.8) is 0 Å². The van der Waals surface area contributed by atoms with Gasteiger partial charge in [-0.3, -0.25) is 9.48 Å². The van der Waals surface area contributed by atoms with Crippen molar-refractivity contribution in [3.8, 4) is 0 Å². The summed E-state index contributed by atoms with van der Waals surface area (Å²) in [7, 11) is 0. The van der Waals surface area contributed by atoms with E-state index in [1.54, 1.807) is 35.1 Å². The maximum atomic E-state index is 12.3. The number of benzene rings is 1. The van der Waals surface area contributed by atoms with Gasteiger partial charge in [-0.25, -0.2) is 0 Å². The van der Waals surface area contributed by atoms with Crippen LogP contribution in [-0.2, 0) is 6.54 Å². The highest BCUT2D eigenvalue weighted by atomic mass is 79.9. The minimum atomic E-state index is -0.115. The summed E-state index contributed by atoms with van der Waals surface area (Å²) in [4.78, 5) is 12.3. The van der Waals surface area contributed by atoms with E-state index in [0.717, 1.165) is 4.47 Å². The number of hydrogen-bond donors (Lipinski definition) is 0. The van der Waals surface area contributed by atoms with Crippen molar-refractivity contribution in [2.24, 2.45) is 0 Å². The molecule has 5 heteroatoms. The monoisotopic (exact) mass is 312 g/mol. The molecule has 0 N–H and O–H groups in total. The molecule has 0 aliphatic rings. The van der Waals surface area contributed by atoms with Crippen molar-refractivity contribution in [3.05, 3.63) is 51.2 Å². The lowest BCUT2D eigenvalue weighted by Gasteiger charge is -2.06. The van der Waals surface area contributed by atoms with Crippen molar-refractivity contribution in [2.45, 2.75) is 13.5 Å². The Morgan fingerprint density at radius 2 is 2.24 bits per heavy atom. The lowest BCUT2D eigenvalue weighted by Crippen LogP contribution is -2.11. The van der Waals surface area contributed by atoms with Crippen molar-refractivity contribution in [1.29, 1.82) is 0 Å². The molecule has 1 aromatic heterocycles. The zero-order valence-electron chi connectivity index (χ0n) is 9.15. The summed E-state index contributed by atoms with van der Waals surface area (Å²) >= 11 is 9.36. The third-order valence-corrected chi connectivity index (χ3v) is 3.24. The van der Waals surface area contributed by atoms with Crippen LogP contribution in [0.4, 0.5) is 0 Å². The van der Waals surface area contributed by atoms with E-state index in [1.165, 1.54) is 0 Å². The Morgan fingerprint density at radius 1 is 1.47 bits per heavy atom. The summed E-state index contributed by atoms with van der Waals surface area (Å²) in [5.74, 6) is -0.115. The summed E-state index contributed by atoms with van der Waals surface area (Å²) in [6.07, 6.45) is 1.61. The first-order chi connectivity index (χ1) is 8.13. The number of carbonyl (C=O) groups is 1. The molecular formula is C12H10BrClN2O. The van der Waals surface area contributed by atoms with Crippen LogP contribution < -0.4 is 0 Å². The number of carbonyl (C=O) groups excluding carboxylic acids is 1. The fourth-order valence-corrected chi connectivity index (χ4v) is 2.15. The molecule has 0 aliphatic heterocycles. The van der Waals surface area contributed by atoms with Crippen LogP contribution in [-0.4, -0.2) is 15.6 Å². The van der Waals surface area contributed by atoms with Crippen LogP contribution in [0.25, 0.3) is 0 Å². The number of nitrogens with zero attached hydrogens (tertiary/aromatic N) is 2. The van der Waals surface area contributed by atoms with E-state index in [9.17, 15) is 4.79 Å². The number of rotatable bonds is 3. The number of halogens is 2. The van der Waals surface area contributed by atoms with Gasteiger partial charge in [-0.1, -0.05) is 27.5 Å². The van der Waals surface area contributed by atoms with Gasteiger partial charge >= 0.3 is 0 Å². The van der Waals surface area contributed by atoms with E-state index in [1.807, 2.05) is 6.92 Å². The smallest absolute Gasteiger partial charge is 0.212 e. The second-order valence-electron chi connectivity index (χ2n) is 3.49. The summed E-state index contributed by atoms with van der Waals surface area (Å²) in [5.41, 5.74) is 1.03. The van der Waals surface area contributed by atoms with Gasteiger partial charge in [0.2, 0.25) is 5.78 Å². The van der Waals surface area contributed by atoms with E-state index in [4.69, 9.17) is 11.6 Å². The van der Waals surface area contributed by atoms with Crippen LogP contribution in [0.5, 0.6) is 0 Å². The molecule has 0 amide bonds. The second-order valence-corrected chi connectivity index (χ2v) is 4.81. The normalized spacial score (nSPS) is 10.5. The number of aryl methyl sites for hydroxylation is 1. The first-order valence-electron chi connectivity index (χ1n) is 5.15. The van der Waals surface area contributed by atoms with E-state index in [2.05, 4.69) is 21.0 Å². The van der Waals surface area contributed by atoms with E-state index in [-0.39, 0.29) is 5.78 Å². The fraction of sp³-hybridized carbons (Fsp3) is 0.167. The molecule has 3 nitrogen and oxygen atoms in total. The molecule has 1 heterocycles. The highest BCUT2D eigenvalue weighted by molar-refractivity contribution is 9.10. The van der Waals surface area contributed by atoms with Crippen molar-refractivity contribution < 1.29 is 4.79 Å². The average molecular weight is 314 g/mol. The zero-order valence-corrected chi connectivity index (χ0v) is 11.5. The predicted molar refractivity (Wildman–Crippen MR) is 70.5 cm³/mol. The SMILES string of the molecule is CCn1nccc1C(=O)c1cc(Br)ccc1Cl. The second kappa shape index (κ2) is 5.02. The van der Waals surface area contributed by atoms with E-state index < -0.39 is 0 Å². The summed E-state index contributed by atoms with van der Waals surface area (Å²) < 4.78 is 2.48. The Balaban J connectivity index is 2.47. The van der Waals surface area contributed by atoms with Crippen LogP contribution in [0.2, 0.25) is 5.02 Å². The number of hydrogen-bond acceptors (Lipinski definition) is 2. The fourth-order valence-electron chi connectivity index (χ4n) is 1.59. The molecule has 88 valence electrons. The van der Waals surface area contributed by atoms with Gasteiger partial charge in [0.05, 0.1) is 5.02 Å². The van der Waals surface area contributed by atoms with Crippen LogP contribution in [0.3, 0.4) is 0 Å². The molecular weight excluding hydrogens is 304 g/mol. The van der Waals surface area contributed by atoms with Crippen LogP contribution in [0.1, 0.15) is 23.0 Å². The molecule has 0 fully saturated rings. The first kappa shape index (κ1) is 12.3. The van der Waals surface area contributed by atoms with Crippen molar-refractivity contribution in [1.82, 2.24) is 9.78 Å². The lowest BCUT2D eigenvalue weighted by molar-refractivity contribution is 0.102. The van der Waals surface area contributed by atoms with Gasteiger partial charge in [-0.05, 0) is 31.2 Å². The maximum absolute atomic E-state index is 12.3. The molecule has 0 radical (unpaired) electrons. The van der Waals surface area contributed by atoms with Gasteiger partial charge in [0.15, 0.2) is 0 Å². The first-order valence-corrected chi connectivity index (χ1v) is 6.32. The van der Waals surface area contributed by atoms with Crippen LogP contribution in [0.15, 0.2) is 34.9 Å². The molecule has 0 spiro atoms.